The van der Waals surface area contributed by atoms with Crippen LogP contribution in [-0.2, 0) is 0 Å². The Morgan fingerprint density at radius 1 is 1.54 bits per heavy atom. The van der Waals surface area contributed by atoms with Crippen LogP contribution in [0.3, 0.4) is 0 Å². The van der Waals surface area contributed by atoms with Crippen LogP contribution in [0.15, 0.2) is 24.3 Å². The Kier molecular flexibility index (Phi) is 2.31. The van der Waals surface area contributed by atoms with Gasteiger partial charge in [0.2, 0.25) is 0 Å². The lowest BCUT2D eigenvalue weighted by atomic mass is 10.1. The Labute approximate surface area is 83.9 Å². The van der Waals surface area contributed by atoms with Gasteiger partial charge in [-0.15, -0.1) is 0 Å². The molecule has 0 amide bonds. The fraction of sp³-hybridized carbons (Fsp3) is 0.455. The normalized spacial score (nSPS) is 28.5. The predicted octanol–water partition coefficient (Wildman–Crippen LogP) is 2.79. The third-order valence-electron chi connectivity index (χ3n) is 2.79. The van der Waals surface area contributed by atoms with E-state index in [9.17, 15) is 0 Å². The van der Waals surface area contributed by atoms with Gasteiger partial charge in [-0.3, -0.25) is 0 Å². The molecule has 1 aromatic carbocycles. The third-order valence-corrected chi connectivity index (χ3v) is 3.03. The Morgan fingerprint density at radius 3 is 2.85 bits per heavy atom. The molecule has 1 aromatic rings. The minimum Gasteiger partial charge on any atom is -0.328 e. The zero-order valence-corrected chi connectivity index (χ0v) is 8.46. The fourth-order valence-corrected chi connectivity index (χ4v) is 2.11. The Balaban J connectivity index is 2.12. The molecule has 0 heterocycles. The van der Waals surface area contributed by atoms with E-state index in [-0.39, 0.29) is 0 Å². The summed E-state index contributed by atoms with van der Waals surface area (Å²) in [6, 6.07) is 8.42. The van der Waals surface area contributed by atoms with Gasteiger partial charge in [-0.1, -0.05) is 23.7 Å². The van der Waals surface area contributed by atoms with Gasteiger partial charge in [0.25, 0.3) is 0 Å². The van der Waals surface area contributed by atoms with E-state index in [1.165, 1.54) is 12.0 Å². The van der Waals surface area contributed by atoms with Crippen LogP contribution in [0, 0.1) is 5.92 Å². The molecule has 2 N–H and O–H groups in total. The molecule has 70 valence electrons. The van der Waals surface area contributed by atoms with Crippen LogP contribution in [-0.4, -0.2) is 6.04 Å². The lowest BCUT2D eigenvalue weighted by molar-refractivity contribution is 0.631. The highest BCUT2D eigenvalue weighted by atomic mass is 35.5. The number of hydrogen-bond acceptors (Lipinski definition) is 1. The molecule has 0 saturated heterocycles. The van der Waals surface area contributed by atoms with Crippen LogP contribution >= 0.6 is 11.6 Å². The Morgan fingerprint density at radius 2 is 2.31 bits per heavy atom. The van der Waals surface area contributed by atoms with Crippen molar-refractivity contribution in [3.63, 3.8) is 0 Å². The van der Waals surface area contributed by atoms with Gasteiger partial charge in [-0.05, 0) is 42.9 Å². The molecule has 0 aliphatic heterocycles. The van der Waals surface area contributed by atoms with E-state index in [1.807, 2.05) is 12.1 Å². The van der Waals surface area contributed by atoms with Gasteiger partial charge in [-0.25, -0.2) is 0 Å². The molecule has 1 fully saturated rings. The minimum atomic E-state index is 0.309. The standard InChI is InChI=1S/C11H14ClN/c1-7(13)10-6-11(10)8-3-2-4-9(12)5-8/h2-5,7,10-11H,6,13H2,1H3/t7-,10+,11+/m0/s1. The zero-order chi connectivity index (χ0) is 9.42. The minimum absolute atomic E-state index is 0.309. The van der Waals surface area contributed by atoms with Crippen LogP contribution < -0.4 is 5.73 Å². The molecule has 2 heteroatoms. The molecule has 3 atom stereocenters. The summed E-state index contributed by atoms with van der Waals surface area (Å²) in [4.78, 5) is 0. The zero-order valence-electron chi connectivity index (χ0n) is 7.70. The summed E-state index contributed by atoms with van der Waals surface area (Å²) >= 11 is 5.91. The summed E-state index contributed by atoms with van der Waals surface area (Å²) in [5, 5.41) is 0.827. The van der Waals surface area contributed by atoms with Crippen molar-refractivity contribution in [2.24, 2.45) is 11.7 Å². The maximum atomic E-state index is 5.91. The number of benzene rings is 1. The van der Waals surface area contributed by atoms with Gasteiger partial charge in [-0.2, -0.15) is 0 Å². The fourth-order valence-electron chi connectivity index (χ4n) is 1.92. The second-order valence-corrected chi connectivity index (χ2v) is 4.36. The molecule has 0 bridgehead atoms. The average Bonchev–Trinajstić information content (AvgIpc) is 2.82. The van der Waals surface area contributed by atoms with E-state index in [2.05, 4.69) is 19.1 Å². The summed E-state index contributed by atoms with van der Waals surface area (Å²) in [6.07, 6.45) is 1.22. The predicted molar refractivity (Wildman–Crippen MR) is 55.9 cm³/mol. The van der Waals surface area contributed by atoms with E-state index < -0.39 is 0 Å². The second kappa shape index (κ2) is 3.32. The van der Waals surface area contributed by atoms with Crippen molar-refractivity contribution >= 4 is 11.6 Å². The van der Waals surface area contributed by atoms with E-state index >= 15 is 0 Å². The highest BCUT2D eigenvalue weighted by molar-refractivity contribution is 6.30. The molecule has 0 unspecified atom stereocenters. The molecular weight excluding hydrogens is 182 g/mol. The topological polar surface area (TPSA) is 26.0 Å². The summed E-state index contributed by atoms with van der Waals surface area (Å²) in [5.41, 5.74) is 7.17. The van der Waals surface area contributed by atoms with Crippen molar-refractivity contribution in [2.75, 3.05) is 0 Å². The van der Waals surface area contributed by atoms with Gasteiger partial charge >= 0.3 is 0 Å². The van der Waals surface area contributed by atoms with Crippen LogP contribution in [0.1, 0.15) is 24.8 Å². The molecule has 1 aliphatic carbocycles. The molecule has 1 nitrogen and oxygen atoms in total. The van der Waals surface area contributed by atoms with Crippen LogP contribution in [0.25, 0.3) is 0 Å². The van der Waals surface area contributed by atoms with E-state index in [0.717, 1.165) is 5.02 Å². The Hall–Kier alpha value is -0.530. The van der Waals surface area contributed by atoms with Gasteiger partial charge in [0.05, 0.1) is 0 Å². The maximum absolute atomic E-state index is 5.91. The second-order valence-electron chi connectivity index (χ2n) is 3.92. The number of halogens is 1. The molecule has 1 aliphatic rings. The highest BCUT2D eigenvalue weighted by Crippen LogP contribution is 2.49. The van der Waals surface area contributed by atoms with Crippen molar-refractivity contribution in [3.05, 3.63) is 34.9 Å². The lowest BCUT2D eigenvalue weighted by Gasteiger charge is -2.03. The smallest absolute Gasteiger partial charge is 0.0408 e. The van der Waals surface area contributed by atoms with Crippen molar-refractivity contribution in [1.29, 1.82) is 0 Å². The van der Waals surface area contributed by atoms with E-state index in [4.69, 9.17) is 17.3 Å². The van der Waals surface area contributed by atoms with Crippen molar-refractivity contribution in [1.82, 2.24) is 0 Å². The average molecular weight is 196 g/mol. The Bertz CT molecular complexity index is 309. The van der Waals surface area contributed by atoms with E-state index in [0.29, 0.717) is 17.9 Å². The number of rotatable bonds is 2. The van der Waals surface area contributed by atoms with Gasteiger partial charge < -0.3 is 5.73 Å². The number of nitrogens with two attached hydrogens (primary N) is 1. The van der Waals surface area contributed by atoms with Crippen LogP contribution in [0.5, 0.6) is 0 Å². The third kappa shape index (κ3) is 1.87. The van der Waals surface area contributed by atoms with Crippen molar-refractivity contribution in [3.8, 4) is 0 Å². The molecular formula is C11H14ClN. The van der Waals surface area contributed by atoms with E-state index in [1.54, 1.807) is 0 Å². The molecule has 0 radical (unpaired) electrons. The molecule has 2 rings (SSSR count). The monoisotopic (exact) mass is 195 g/mol. The quantitative estimate of drug-likeness (QED) is 0.772. The van der Waals surface area contributed by atoms with Gasteiger partial charge in [0.1, 0.15) is 0 Å². The van der Waals surface area contributed by atoms with Gasteiger partial charge in [0, 0.05) is 11.1 Å². The summed E-state index contributed by atoms with van der Waals surface area (Å²) in [5.74, 6) is 1.32. The first-order valence-corrected chi connectivity index (χ1v) is 5.07. The maximum Gasteiger partial charge on any atom is 0.0408 e. The van der Waals surface area contributed by atoms with Crippen molar-refractivity contribution < 1.29 is 0 Å². The number of hydrogen-bond donors (Lipinski definition) is 1. The summed E-state index contributed by atoms with van der Waals surface area (Å²) in [7, 11) is 0. The first-order chi connectivity index (χ1) is 6.18. The molecule has 0 aromatic heterocycles. The lowest BCUT2D eigenvalue weighted by Crippen LogP contribution is -2.17. The molecule has 0 spiro atoms. The van der Waals surface area contributed by atoms with Gasteiger partial charge in [0.15, 0.2) is 0 Å². The first kappa shape index (κ1) is 9.04. The largest absolute Gasteiger partial charge is 0.328 e. The SMILES string of the molecule is C[C@H](N)[C@H]1C[C@@H]1c1cccc(Cl)c1. The summed E-state index contributed by atoms with van der Waals surface area (Å²) < 4.78 is 0. The first-order valence-electron chi connectivity index (χ1n) is 4.69. The molecule has 1 saturated carbocycles. The molecule has 13 heavy (non-hydrogen) atoms. The summed E-state index contributed by atoms with van der Waals surface area (Å²) in [6.45, 7) is 2.08. The van der Waals surface area contributed by atoms with Crippen molar-refractivity contribution in [2.45, 2.75) is 25.3 Å². The highest BCUT2D eigenvalue weighted by Gasteiger charge is 2.40. The van der Waals surface area contributed by atoms with Crippen LogP contribution in [0.2, 0.25) is 5.02 Å². The van der Waals surface area contributed by atoms with Crippen LogP contribution in [0.4, 0.5) is 0 Å².